The smallest absolute Gasteiger partial charge is 0.131 e. The van der Waals surface area contributed by atoms with Gasteiger partial charge in [-0.25, -0.2) is 0 Å². The molecule has 0 saturated heterocycles. The van der Waals surface area contributed by atoms with Crippen LogP contribution in [0.25, 0.3) is 11.4 Å². The van der Waals surface area contributed by atoms with Crippen LogP contribution in [-0.2, 0) is 6.54 Å². The molecule has 0 aromatic carbocycles. The Labute approximate surface area is 101 Å². The Hall–Kier alpha value is -1.75. The Morgan fingerprint density at radius 2 is 2.06 bits per heavy atom. The predicted molar refractivity (Wildman–Crippen MR) is 66.2 cm³/mol. The molecule has 90 valence electrons. The number of nitrogens with two attached hydrogens (primary N) is 1. The first-order valence-corrected chi connectivity index (χ1v) is 5.92. The second kappa shape index (κ2) is 6.10. The maximum absolute atomic E-state index is 5.45. The standard InChI is InChI=1S/C12H17N5/c13-7-3-1-5-9-17-10-12(15-16-17)11-6-2-4-8-14-11/h2,4,6,8,10H,1,3,5,7,9,13H2. The fourth-order valence-electron chi connectivity index (χ4n) is 1.63. The summed E-state index contributed by atoms with van der Waals surface area (Å²) >= 11 is 0. The Kier molecular flexibility index (Phi) is 4.21. The van der Waals surface area contributed by atoms with Crippen molar-refractivity contribution in [1.29, 1.82) is 0 Å². The van der Waals surface area contributed by atoms with E-state index in [9.17, 15) is 0 Å². The van der Waals surface area contributed by atoms with E-state index in [1.165, 1.54) is 0 Å². The zero-order valence-corrected chi connectivity index (χ0v) is 9.79. The second-order valence-electron chi connectivity index (χ2n) is 3.93. The Morgan fingerprint density at radius 1 is 1.12 bits per heavy atom. The number of hydrogen-bond donors (Lipinski definition) is 1. The molecular weight excluding hydrogens is 214 g/mol. The topological polar surface area (TPSA) is 69.6 Å². The third-order valence-corrected chi connectivity index (χ3v) is 2.56. The Balaban J connectivity index is 1.92. The highest BCUT2D eigenvalue weighted by atomic mass is 15.4. The van der Waals surface area contributed by atoms with Gasteiger partial charge in [-0.1, -0.05) is 17.7 Å². The molecular formula is C12H17N5. The van der Waals surface area contributed by atoms with Crippen molar-refractivity contribution in [3.63, 3.8) is 0 Å². The van der Waals surface area contributed by atoms with Crippen LogP contribution in [0, 0.1) is 0 Å². The first-order chi connectivity index (χ1) is 8.40. The Morgan fingerprint density at radius 3 is 2.82 bits per heavy atom. The average molecular weight is 231 g/mol. The van der Waals surface area contributed by atoms with Crippen LogP contribution in [0.1, 0.15) is 19.3 Å². The first-order valence-electron chi connectivity index (χ1n) is 5.92. The molecule has 0 amide bonds. The summed E-state index contributed by atoms with van der Waals surface area (Å²) in [6.45, 7) is 1.65. The van der Waals surface area contributed by atoms with Crippen molar-refractivity contribution in [3.8, 4) is 11.4 Å². The third kappa shape index (κ3) is 3.35. The van der Waals surface area contributed by atoms with Crippen molar-refractivity contribution >= 4 is 0 Å². The van der Waals surface area contributed by atoms with E-state index < -0.39 is 0 Å². The molecule has 0 unspecified atom stereocenters. The minimum absolute atomic E-state index is 0.760. The fourth-order valence-corrected chi connectivity index (χ4v) is 1.63. The van der Waals surface area contributed by atoms with Crippen molar-refractivity contribution in [1.82, 2.24) is 20.0 Å². The van der Waals surface area contributed by atoms with Crippen LogP contribution in [0.2, 0.25) is 0 Å². The van der Waals surface area contributed by atoms with E-state index in [2.05, 4.69) is 15.3 Å². The summed E-state index contributed by atoms with van der Waals surface area (Å²) in [5, 5.41) is 8.20. The van der Waals surface area contributed by atoms with Gasteiger partial charge in [0.15, 0.2) is 0 Å². The molecule has 2 rings (SSSR count). The predicted octanol–water partition coefficient (Wildman–Crippen LogP) is 1.47. The maximum Gasteiger partial charge on any atom is 0.131 e. The first kappa shape index (κ1) is 11.7. The highest BCUT2D eigenvalue weighted by Crippen LogP contribution is 2.11. The molecule has 2 N–H and O–H groups in total. The summed E-state index contributed by atoms with van der Waals surface area (Å²) in [7, 11) is 0. The number of nitrogens with zero attached hydrogens (tertiary/aromatic N) is 4. The number of pyridine rings is 1. The van der Waals surface area contributed by atoms with Gasteiger partial charge in [-0.15, -0.1) is 5.10 Å². The number of aryl methyl sites for hydroxylation is 1. The maximum atomic E-state index is 5.45. The summed E-state index contributed by atoms with van der Waals surface area (Å²) < 4.78 is 1.86. The molecule has 0 saturated carbocycles. The molecule has 0 aliphatic rings. The van der Waals surface area contributed by atoms with Gasteiger partial charge in [-0.2, -0.15) is 0 Å². The number of hydrogen-bond acceptors (Lipinski definition) is 4. The summed E-state index contributed by atoms with van der Waals surface area (Å²) in [4.78, 5) is 4.24. The molecule has 2 aromatic heterocycles. The highest BCUT2D eigenvalue weighted by molar-refractivity contribution is 5.51. The molecule has 2 heterocycles. The number of aromatic nitrogens is 4. The fraction of sp³-hybridized carbons (Fsp3) is 0.417. The summed E-state index contributed by atoms with van der Waals surface area (Å²) in [6.07, 6.45) is 6.99. The lowest BCUT2D eigenvalue weighted by Gasteiger charge is -1.98. The van der Waals surface area contributed by atoms with E-state index in [0.717, 1.165) is 43.7 Å². The minimum atomic E-state index is 0.760. The lowest BCUT2D eigenvalue weighted by atomic mass is 10.2. The molecule has 5 nitrogen and oxygen atoms in total. The third-order valence-electron chi connectivity index (χ3n) is 2.56. The van der Waals surface area contributed by atoms with Crippen LogP contribution in [-0.4, -0.2) is 26.5 Å². The van der Waals surface area contributed by atoms with Crippen molar-refractivity contribution in [3.05, 3.63) is 30.6 Å². The van der Waals surface area contributed by atoms with Gasteiger partial charge in [0.1, 0.15) is 5.69 Å². The van der Waals surface area contributed by atoms with Gasteiger partial charge in [0, 0.05) is 12.7 Å². The molecule has 0 atom stereocenters. The zero-order chi connectivity index (χ0) is 11.9. The zero-order valence-electron chi connectivity index (χ0n) is 9.79. The molecule has 0 spiro atoms. The van der Waals surface area contributed by atoms with Crippen molar-refractivity contribution < 1.29 is 0 Å². The van der Waals surface area contributed by atoms with E-state index in [1.807, 2.05) is 29.1 Å². The molecule has 0 aliphatic carbocycles. The summed E-state index contributed by atoms with van der Waals surface area (Å²) in [5.41, 5.74) is 7.13. The summed E-state index contributed by atoms with van der Waals surface area (Å²) in [6, 6.07) is 5.77. The van der Waals surface area contributed by atoms with Gasteiger partial charge < -0.3 is 5.73 Å². The lowest BCUT2D eigenvalue weighted by molar-refractivity contribution is 0.532. The molecule has 0 aliphatic heterocycles. The van der Waals surface area contributed by atoms with E-state index in [0.29, 0.717) is 0 Å². The van der Waals surface area contributed by atoms with Gasteiger partial charge in [0.25, 0.3) is 0 Å². The van der Waals surface area contributed by atoms with Crippen molar-refractivity contribution in [2.24, 2.45) is 5.73 Å². The van der Waals surface area contributed by atoms with Crippen LogP contribution < -0.4 is 5.73 Å². The molecule has 0 fully saturated rings. The van der Waals surface area contributed by atoms with Crippen LogP contribution >= 0.6 is 0 Å². The Bertz CT molecular complexity index is 437. The molecule has 5 heteroatoms. The van der Waals surface area contributed by atoms with Crippen molar-refractivity contribution in [2.45, 2.75) is 25.8 Å². The van der Waals surface area contributed by atoms with Crippen LogP contribution in [0.5, 0.6) is 0 Å². The minimum Gasteiger partial charge on any atom is -0.330 e. The number of unbranched alkanes of at least 4 members (excludes halogenated alkanes) is 2. The average Bonchev–Trinajstić information content (AvgIpc) is 2.85. The van der Waals surface area contributed by atoms with E-state index in [1.54, 1.807) is 6.20 Å². The van der Waals surface area contributed by atoms with E-state index in [-0.39, 0.29) is 0 Å². The SMILES string of the molecule is NCCCCCn1cc(-c2ccccn2)nn1. The second-order valence-corrected chi connectivity index (χ2v) is 3.93. The molecule has 0 radical (unpaired) electrons. The van der Waals surface area contributed by atoms with Crippen molar-refractivity contribution in [2.75, 3.05) is 6.54 Å². The molecule has 0 bridgehead atoms. The van der Waals surface area contributed by atoms with Gasteiger partial charge in [0.2, 0.25) is 0 Å². The van der Waals surface area contributed by atoms with Gasteiger partial charge in [0.05, 0.1) is 11.9 Å². The largest absolute Gasteiger partial charge is 0.330 e. The normalized spacial score (nSPS) is 10.6. The number of rotatable bonds is 6. The van der Waals surface area contributed by atoms with Crippen LogP contribution in [0.4, 0.5) is 0 Å². The van der Waals surface area contributed by atoms with Gasteiger partial charge >= 0.3 is 0 Å². The molecule has 17 heavy (non-hydrogen) atoms. The summed E-state index contributed by atoms with van der Waals surface area (Å²) in [5.74, 6) is 0. The van der Waals surface area contributed by atoms with Gasteiger partial charge in [-0.3, -0.25) is 9.67 Å². The van der Waals surface area contributed by atoms with E-state index in [4.69, 9.17) is 5.73 Å². The van der Waals surface area contributed by atoms with Crippen LogP contribution in [0.3, 0.4) is 0 Å². The van der Waals surface area contributed by atoms with Gasteiger partial charge in [-0.05, 0) is 31.5 Å². The van der Waals surface area contributed by atoms with E-state index >= 15 is 0 Å². The lowest BCUT2D eigenvalue weighted by Crippen LogP contribution is -2.02. The molecule has 2 aromatic rings. The quantitative estimate of drug-likeness (QED) is 0.764. The monoisotopic (exact) mass is 231 g/mol. The highest BCUT2D eigenvalue weighted by Gasteiger charge is 2.03. The van der Waals surface area contributed by atoms with Crippen LogP contribution in [0.15, 0.2) is 30.6 Å².